The number of nitrogens with one attached hydrogen (secondary N) is 1. The molecule has 0 saturated heterocycles. The topological polar surface area (TPSA) is 53.1 Å². The molecule has 0 aliphatic heterocycles. The van der Waals surface area contributed by atoms with Crippen molar-refractivity contribution >= 4 is 23.3 Å². The van der Waals surface area contributed by atoms with Gasteiger partial charge in [0.1, 0.15) is 5.84 Å². The fourth-order valence-corrected chi connectivity index (χ4v) is 3.05. The summed E-state index contributed by atoms with van der Waals surface area (Å²) in [5.74, 6) is 1.15. The molecular weight excluding hydrogens is 254 g/mol. The summed E-state index contributed by atoms with van der Waals surface area (Å²) in [5.41, 5.74) is 7.79. The Labute approximate surface area is 121 Å². The molecule has 0 aliphatic carbocycles. The maximum absolute atomic E-state index is 7.90. The van der Waals surface area contributed by atoms with Crippen LogP contribution in [-0.4, -0.2) is 24.2 Å². The minimum Gasteiger partial charge on any atom is -0.384 e. The quantitative estimate of drug-likeness (QED) is 0.454. The van der Waals surface area contributed by atoms with Crippen LogP contribution in [-0.2, 0) is 0 Å². The van der Waals surface area contributed by atoms with Crippen LogP contribution in [0.4, 0.5) is 5.69 Å². The van der Waals surface area contributed by atoms with Gasteiger partial charge in [0.2, 0.25) is 0 Å². The molecule has 0 unspecified atom stereocenters. The van der Waals surface area contributed by atoms with Gasteiger partial charge in [-0.05, 0) is 38.2 Å². The summed E-state index contributed by atoms with van der Waals surface area (Å²) >= 11 is 1.74. The van der Waals surface area contributed by atoms with Crippen LogP contribution in [0, 0.1) is 5.41 Å². The zero-order chi connectivity index (χ0) is 14.4. The van der Waals surface area contributed by atoms with Crippen molar-refractivity contribution in [2.75, 3.05) is 17.2 Å². The van der Waals surface area contributed by atoms with Gasteiger partial charge in [-0.15, -0.1) is 11.8 Å². The molecule has 1 rings (SSSR count). The molecule has 0 saturated carbocycles. The van der Waals surface area contributed by atoms with Crippen molar-refractivity contribution in [1.82, 2.24) is 0 Å². The van der Waals surface area contributed by atoms with Crippen LogP contribution in [0.5, 0.6) is 0 Å². The fraction of sp³-hybridized carbons (Fsp3) is 0.533. The van der Waals surface area contributed by atoms with Gasteiger partial charge in [0.25, 0.3) is 0 Å². The highest BCUT2D eigenvalue weighted by atomic mass is 32.2. The smallest absolute Gasteiger partial charge is 0.126 e. The van der Waals surface area contributed by atoms with E-state index in [9.17, 15) is 0 Å². The molecule has 1 aromatic rings. The predicted molar refractivity (Wildman–Crippen MR) is 86.6 cm³/mol. The van der Waals surface area contributed by atoms with Gasteiger partial charge in [0.15, 0.2) is 0 Å². The minimum atomic E-state index is 0.160. The Balaban J connectivity index is 3.31. The van der Waals surface area contributed by atoms with E-state index in [0.29, 0.717) is 6.04 Å². The van der Waals surface area contributed by atoms with Crippen molar-refractivity contribution in [3.8, 4) is 0 Å². The Morgan fingerprint density at radius 1 is 1.37 bits per heavy atom. The van der Waals surface area contributed by atoms with Crippen LogP contribution in [0.1, 0.15) is 39.7 Å². The summed E-state index contributed by atoms with van der Waals surface area (Å²) in [6.45, 7) is 9.64. The monoisotopic (exact) mass is 279 g/mol. The molecule has 3 nitrogen and oxygen atoms in total. The Hall–Kier alpha value is -1.16. The van der Waals surface area contributed by atoms with Crippen LogP contribution in [0.15, 0.2) is 23.1 Å². The predicted octanol–water partition coefficient (Wildman–Crippen LogP) is 3.71. The number of anilines is 1. The summed E-state index contributed by atoms with van der Waals surface area (Å²) in [6.07, 6.45) is 1.08. The summed E-state index contributed by atoms with van der Waals surface area (Å²) in [4.78, 5) is 3.44. The number of hydrogen-bond acceptors (Lipinski definition) is 3. The second-order valence-electron chi connectivity index (χ2n) is 4.78. The van der Waals surface area contributed by atoms with Gasteiger partial charge in [-0.2, -0.15) is 0 Å². The van der Waals surface area contributed by atoms with Crippen LogP contribution in [0.3, 0.4) is 0 Å². The van der Waals surface area contributed by atoms with Crippen LogP contribution >= 0.6 is 11.8 Å². The van der Waals surface area contributed by atoms with Crippen molar-refractivity contribution in [3.63, 3.8) is 0 Å². The Bertz CT molecular complexity index is 429. The SMILES string of the molecule is CCCN(c1cccc(SCC)c1C(=N)N)C(C)C. The van der Waals surface area contributed by atoms with Gasteiger partial charge in [0.05, 0.1) is 5.56 Å². The van der Waals surface area contributed by atoms with Crippen LogP contribution in [0.25, 0.3) is 0 Å². The maximum Gasteiger partial charge on any atom is 0.126 e. The Morgan fingerprint density at radius 2 is 2.05 bits per heavy atom. The van der Waals surface area contributed by atoms with Crippen molar-refractivity contribution in [2.24, 2.45) is 5.73 Å². The molecule has 4 heteroatoms. The standard InChI is InChI=1S/C15H25N3S/c1-5-10-18(11(3)4)12-8-7-9-13(19-6-2)14(12)15(16)17/h7-9,11H,5-6,10H2,1-4H3,(H3,16,17). The van der Waals surface area contributed by atoms with E-state index in [1.165, 1.54) is 0 Å². The molecule has 19 heavy (non-hydrogen) atoms. The lowest BCUT2D eigenvalue weighted by atomic mass is 10.1. The molecule has 1 aromatic carbocycles. The van der Waals surface area contributed by atoms with E-state index >= 15 is 0 Å². The van der Waals surface area contributed by atoms with Gasteiger partial charge in [-0.1, -0.05) is 19.9 Å². The molecule has 0 aliphatic rings. The van der Waals surface area contributed by atoms with Crippen molar-refractivity contribution in [2.45, 2.75) is 45.1 Å². The summed E-state index contributed by atoms with van der Waals surface area (Å²) in [6, 6.07) is 6.59. The van der Waals surface area contributed by atoms with E-state index in [1.807, 2.05) is 0 Å². The van der Waals surface area contributed by atoms with E-state index < -0.39 is 0 Å². The van der Waals surface area contributed by atoms with E-state index in [1.54, 1.807) is 11.8 Å². The fourth-order valence-electron chi connectivity index (χ4n) is 2.20. The van der Waals surface area contributed by atoms with E-state index in [4.69, 9.17) is 11.1 Å². The number of nitrogen functional groups attached to an aromatic ring is 1. The molecule has 0 atom stereocenters. The van der Waals surface area contributed by atoms with Gasteiger partial charge < -0.3 is 10.6 Å². The summed E-state index contributed by atoms with van der Waals surface area (Å²) in [5, 5.41) is 7.90. The first kappa shape index (κ1) is 15.9. The van der Waals surface area contributed by atoms with Gasteiger partial charge in [-0.25, -0.2) is 0 Å². The third-order valence-electron chi connectivity index (χ3n) is 2.97. The molecule has 0 bridgehead atoms. The van der Waals surface area contributed by atoms with Crippen molar-refractivity contribution in [1.29, 1.82) is 5.41 Å². The third-order valence-corrected chi connectivity index (χ3v) is 3.91. The van der Waals surface area contributed by atoms with E-state index in [0.717, 1.165) is 34.9 Å². The number of hydrogen-bond donors (Lipinski definition) is 2. The highest BCUT2D eigenvalue weighted by Crippen LogP contribution is 2.31. The Morgan fingerprint density at radius 3 is 2.53 bits per heavy atom. The first-order chi connectivity index (χ1) is 9.02. The van der Waals surface area contributed by atoms with Crippen molar-refractivity contribution in [3.05, 3.63) is 23.8 Å². The average molecular weight is 279 g/mol. The zero-order valence-corrected chi connectivity index (χ0v) is 13.2. The van der Waals surface area contributed by atoms with Crippen LogP contribution in [0.2, 0.25) is 0 Å². The molecule has 0 heterocycles. The molecule has 3 N–H and O–H groups in total. The largest absolute Gasteiger partial charge is 0.384 e. The van der Waals surface area contributed by atoms with Crippen LogP contribution < -0.4 is 10.6 Å². The first-order valence-electron chi connectivity index (χ1n) is 6.89. The molecule has 0 fully saturated rings. The summed E-state index contributed by atoms with van der Waals surface area (Å²) < 4.78 is 0. The molecule has 0 aromatic heterocycles. The average Bonchev–Trinajstić information content (AvgIpc) is 2.35. The molecule has 106 valence electrons. The lowest BCUT2D eigenvalue weighted by molar-refractivity contribution is 0.670. The number of benzene rings is 1. The van der Waals surface area contributed by atoms with E-state index in [-0.39, 0.29) is 5.84 Å². The number of rotatable bonds is 7. The lowest BCUT2D eigenvalue weighted by Crippen LogP contribution is -2.33. The summed E-state index contributed by atoms with van der Waals surface area (Å²) in [7, 11) is 0. The normalized spacial score (nSPS) is 10.8. The number of amidine groups is 1. The van der Waals surface area contributed by atoms with Gasteiger partial charge in [-0.3, -0.25) is 5.41 Å². The third kappa shape index (κ3) is 3.90. The molecule has 0 amide bonds. The number of nitrogens with two attached hydrogens (primary N) is 1. The first-order valence-corrected chi connectivity index (χ1v) is 7.88. The second kappa shape index (κ2) is 7.43. The minimum absolute atomic E-state index is 0.160. The second-order valence-corrected chi connectivity index (χ2v) is 6.09. The highest BCUT2D eigenvalue weighted by Gasteiger charge is 2.18. The lowest BCUT2D eigenvalue weighted by Gasteiger charge is -2.31. The maximum atomic E-state index is 7.90. The number of thioether (sulfide) groups is 1. The number of nitrogens with zero attached hydrogens (tertiary/aromatic N) is 1. The van der Waals surface area contributed by atoms with E-state index in [2.05, 4.69) is 50.8 Å². The molecule has 0 radical (unpaired) electrons. The zero-order valence-electron chi connectivity index (χ0n) is 12.4. The van der Waals surface area contributed by atoms with Crippen molar-refractivity contribution < 1.29 is 0 Å². The Kier molecular flexibility index (Phi) is 6.22. The van der Waals surface area contributed by atoms with Gasteiger partial charge in [0, 0.05) is 23.2 Å². The molecular formula is C15H25N3S. The molecule has 0 spiro atoms. The van der Waals surface area contributed by atoms with Gasteiger partial charge >= 0.3 is 0 Å². The highest BCUT2D eigenvalue weighted by molar-refractivity contribution is 7.99.